The lowest BCUT2D eigenvalue weighted by molar-refractivity contribution is -0.137. The molecule has 0 bridgehead atoms. The molecule has 0 unspecified atom stereocenters. The van der Waals surface area contributed by atoms with Crippen molar-refractivity contribution in [2.24, 2.45) is 0 Å². The van der Waals surface area contributed by atoms with Crippen molar-refractivity contribution in [1.82, 2.24) is 4.90 Å². The van der Waals surface area contributed by atoms with Gasteiger partial charge in [-0.1, -0.05) is 55.3 Å². The maximum atomic E-state index is 13.4. The molecule has 33 heavy (non-hydrogen) atoms. The number of carbonyl (C=O) groups excluding carboxylic acids is 2. The third-order valence-corrected chi connectivity index (χ3v) is 6.93. The SMILES string of the molecule is O=C(C=C1Sc2ccccc2N(Cc2cccc(C(F)(F)F)c2)C1=O)N1CCCCCCC1. The molecule has 2 heterocycles. The maximum Gasteiger partial charge on any atom is 0.416 e. The Bertz CT molecular complexity index is 1060. The predicted octanol–water partition coefficient (Wildman–Crippen LogP) is 6.02. The highest BCUT2D eigenvalue weighted by Crippen LogP contribution is 2.42. The van der Waals surface area contributed by atoms with Crippen LogP contribution in [-0.2, 0) is 22.3 Å². The lowest BCUT2D eigenvalue weighted by Gasteiger charge is -2.31. The first-order chi connectivity index (χ1) is 15.8. The average molecular weight is 475 g/mol. The van der Waals surface area contributed by atoms with Crippen LogP contribution in [0, 0.1) is 0 Å². The molecule has 174 valence electrons. The van der Waals surface area contributed by atoms with E-state index < -0.39 is 11.7 Å². The molecular formula is C25H25F3N2O2S. The number of hydrogen-bond acceptors (Lipinski definition) is 3. The molecule has 1 fully saturated rings. The van der Waals surface area contributed by atoms with E-state index in [9.17, 15) is 22.8 Å². The van der Waals surface area contributed by atoms with E-state index in [-0.39, 0.29) is 23.3 Å². The van der Waals surface area contributed by atoms with Gasteiger partial charge >= 0.3 is 6.18 Å². The number of alkyl halides is 3. The molecule has 4 rings (SSSR count). The van der Waals surface area contributed by atoms with Gasteiger partial charge in [0.25, 0.3) is 5.91 Å². The van der Waals surface area contributed by atoms with Gasteiger partial charge in [0.2, 0.25) is 5.91 Å². The summed E-state index contributed by atoms with van der Waals surface area (Å²) in [6.45, 7) is 1.33. The molecule has 1 saturated heterocycles. The van der Waals surface area contributed by atoms with Gasteiger partial charge < -0.3 is 9.80 Å². The van der Waals surface area contributed by atoms with Crippen molar-refractivity contribution in [1.29, 1.82) is 0 Å². The highest BCUT2D eigenvalue weighted by Gasteiger charge is 2.33. The van der Waals surface area contributed by atoms with E-state index >= 15 is 0 Å². The summed E-state index contributed by atoms with van der Waals surface area (Å²) in [5, 5.41) is 0. The lowest BCUT2D eigenvalue weighted by atomic mass is 10.1. The highest BCUT2D eigenvalue weighted by molar-refractivity contribution is 8.04. The average Bonchev–Trinajstić information content (AvgIpc) is 2.76. The van der Waals surface area contributed by atoms with Gasteiger partial charge in [-0.05, 0) is 42.7 Å². The van der Waals surface area contributed by atoms with Gasteiger partial charge in [-0.15, -0.1) is 0 Å². The molecule has 2 aliphatic rings. The summed E-state index contributed by atoms with van der Waals surface area (Å²) in [5.41, 5.74) is 0.241. The fourth-order valence-electron chi connectivity index (χ4n) is 4.12. The number of halogens is 3. The Balaban J connectivity index is 1.61. The zero-order chi connectivity index (χ0) is 23.4. The molecule has 0 aliphatic carbocycles. The normalized spacial score (nSPS) is 18.6. The first-order valence-corrected chi connectivity index (χ1v) is 11.9. The van der Waals surface area contributed by atoms with E-state index in [1.165, 1.54) is 35.2 Å². The largest absolute Gasteiger partial charge is 0.416 e. The third-order valence-electron chi connectivity index (χ3n) is 5.85. The second-order valence-electron chi connectivity index (χ2n) is 8.26. The summed E-state index contributed by atoms with van der Waals surface area (Å²) in [5.74, 6) is -0.567. The quantitative estimate of drug-likeness (QED) is 0.511. The molecule has 0 N–H and O–H groups in total. The Morgan fingerprint density at radius 2 is 1.67 bits per heavy atom. The molecule has 8 heteroatoms. The molecule has 0 atom stereocenters. The summed E-state index contributed by atoms with van der Waals surface area (Å²) >= 11 is 1.23. The summed E-state index contributed by atoms with van der Waals surface area (Å²) in [6, 6.07) is 12.2. The van der Waals surface area contributed by atoms with Gasteiger partial charge in [0.05, 0.1) is 22.7 Å². The van der Waals surface area contributed by atoms with Gasteiger partial charge in [-0.3, -0.25) is 9.59 Å². The molecule has 0 radical (unpaired) electrons. The van der Waals surface area contributed by atoms with Crippen LogP contribution in [0.25, 0.3) is 0 Å². The molecular weight excluding hydrogens is 449 g/mol. The molecule has 2 aliphatic heterocycles. The number of carbonyl (C=O) groups is 2. The van der Waals surface area contributed by atoms with Crippen LogP contribution in [0.15, 0.2) is 64.4 Å². The number of benzene rings is 2. The summed E-state index contributed by atoms with van der Waals surface area (Å²) < 4.78 is 39.5. The molecule has 2 aromatic rings. The van der Waals surface area contributed by atoms with Gasteiger partial charge in [0.1, 0.15) is 0 Å². The van der Waals surface area contributed by atoms with Crippen LogP contribution >= 0.6 is 11.8 Å². The molecule has 2 aromatic carbocycles. The first kappa shape index (κ1) is 23.4. The first-order valence-electron chi connectivity index (χ1n) is 11.1. The molecule has 0 spiro atoms. The Kier molecular flexibility index (Phi) is 7.12. The molecule has 0 aromatic heterocycles. The number of fused-ring (bicyclic) bond motifs is 1. The number of rotatable bonds is 3. The van der Waals surface area contributed by atoms with E-state index in [0.29, 0.717) is 24.3 Å². The Morgan fingerprint density at radius 3 is 2.39 bits per heavy atom. The molecule has 4 nitrogen and oxygen atoms in total. The van der Waals surface area contributed by atoms with E-state index in [1.807, 2.05) is 12.1 Å². The monoisotopic (exact) mass is 474 g/mol. The van der Waals surface area contributed by atoms with Gasteiger partial charge in [-0.2, -0.15) is 13.2 Å². The zero-order valence-corrected chi connectivity index (χ0v) is 18.9. The minimum Gasteiger partial charge on any atom is -0.339 e. The van der Waals surface area contributed by atoms with E-state index in [1.54, 1.807) is 23.1 Å². The summed E-state index contributed by atoms with van der Waals surface area (Å²) in [4.78, 5) is 30.6. The Morgan fingerprint density at radius 1 is 0.970 bits per heavy atom. The van der Waals surface area contributed by atoms with Crippen molar-refractivity contribution >= 4 is 29.3 Å². The van der Waals surface area contributed by atoms with Gasteiger partial charge in [0, 0.05) is 24.1 Å². The predicted molar refractivity (Wildman–Crippen MR) is 123 cm³/mol. The second-order valence-corrected chi connectivity index (χ2v) is 9.34. The number of thioether (sulfide) groups is 1. The number of nitrogens with zero attached hydrogens (tertiary/aromatic N) is 2. The van der Waals surface area contributed by atoms with Crippen LogP contribution in [0.1, 0.15) is 43.2 Å². The maximum absolute atomic E-state index is 13.4. The van der Waals surface area contributed by atoms with Crippen molar-refractivity contribution in [2.75, 3.05) is 18.0 Å². The van der Waals surface area contributed by atoms with Crippen molar-refractivity contribution in [3.8, 4) is 0 Å². The lowest BCUT2D eigenvalue weighted by Crippen LogP contribution is -2.36. The van der Waals surface area contributed by atoms with Crippen LogP contribution in [0.3, 0.4) is 0 Å². The number of likely N-dealkylation sites (tertiary alicyclic amines) is 1. The zero-order valence-electron chi connectivity index (χ0n) is 18.1. The number of anilines is 1. The van der Waals surface area contributed by atoms with Crippen molar-refractivity contribution < 1.29 is 22.8 Å². The van der Waals surface area contributed by atoms with E-state index in [4.69, 9.17) is 0 Å². The van der Waals surface area contributed by atoms with E-state index in [0.717, 1.165) is 42.7 Å². The van der Waals surface area contributed by atoms with Crippen LogP contribution in [-0.4, -0.2) is 29.8 Å². The second kappa shape index (κ2) is 10.0. The van der Waals surface area contributed by atoms with Crippen LogP contribution < -0.4 is 4.90 Å². The van der Waals surface area contributed by atoms with Gasteiger partial charge in [-0.25, -0.2) is 0 Å². The van der Waals surface area contributed by atoms with Crippen LogP contribution in [0.4, 0.5) is 18.9 Å². The number of amides is 2. The topological polar surface area (TPSA) is 40.6 Å². The highest BCUT2D eigenvalue weighted by atomic mass is 32.2. The smallest absolute Gasteiger partial charge is 0.339 e. The minimum atomic E-state index is -4.46. The molecule has 2 amide bonds. The van der Waals surface area contributed by atoms with Crippen molar-refractivity contribution in [2.45, 2.75) is 49.7 Å². The van der Waals surface area contributed by atoms with Gasteiger partial charge in [0.15, 0.2) is 0 Å². The minimum absolute atomic E-state index is 0.0183. The fourth-order valence-corrected chi connectivity index (χ4v) is 5.14. The Labute approximate surface area is 195 Å². The van der Waals surface area contributed by atoms with Crippen molar-refractivity contribution in [3.05, 3.63) is 70.6 Å². The number of hydrogen-bond donors (Lipinski definition) is 0. The van der Waals surface area contributed by atoms with E-state index in [2.05, 4.69) is 0 Å². The van der Waals surface area contributed by atoms with Crippen LogP contribution in [0.2, 0.25) is 0 Å². The summed E-state index contributed by atoms with van der Waals surface area (Å²) in [7, 11) is 0. The fraction of sp³-hybridized carbons (Fsp3) is 0.360. The third kappa shape index (κ3) is 5.61. The number of para-hydroxylation sites is 1. The van der Waals surface area contributed by atoms with Crippen LogP contribution in [0.5, 0.6) is 0 Å². The summed E-state index contributed by atoms with van der Waals surface area (Å²) in [6.07, 6.45) is 2.18. The standard InChI is InChI=1S/C25H25F3N2O2S/c26-25(27,28)19-10-8-9-18(15-19)17-30-20-11-4-5-12-21(20)33-22(24(30)32)16-23(31)29-13-6-2-1-3-7-14-29/h4-5,8-12,15-16H,1-3,6-7,13-14,17H2. The Hall–Kier alpha value is -2.74. The molecule has 0 saturated carbocycles. The van der Waals surface area contributed by atoms with Crippen molar-refractivity contribution in [3.63, 3.8) is 0 Å².